The van der Waals surface area contributed by atoms with E-state index in [2.05, 4.69) is 30.7 Å². The number of hydrogen-bond donors (Lipinski definition) is 0. The van der Waals surface area contributed by atoms with Crippen molar-refractivity contribution in [1.29, 1.82) is 0 Å². The summed E-state index contributed by atoms with van der Waals surface area (Å²) in [6.45, 7) is 10.1. The van der Waals surface area contributed by atoms with E-state index in [1.54, 1.807) is 6.08 Å². The number of anilines is 1. The van der Waals surface area contributed by atoms with Gasteiger partial charge in [0.1, 0.15) is 5.82 Å². The minimum atomic E-state index is -3.71. The van der Waals surface area contributed by atoms with E-state index in [1.807, 2.05) is 74.5 Å². The topological polar surface area (TPSA) is 116 Å². The molecule has 0 saturated carbocycles. The van der Waals surface area contributed by atoms with Gasteiger partial charge < -0.3 is 9.16 Å². The molecule has 1 atom stereocenters. The van der Waals surface area contributed by atoms with Crippen molar-refractivity contribution >= 4 is 52.5 Å². The van der Waals surface area contributed by atoms with Gasteiger partial charge in [0, 0.05) is 24.6 Å². The van der Waals surface area contributed by atoms with Crippen LogP contribution >= 0.6 is 0 Å². The van der Waals surface area contributed by atoms with Crippen molar-refractivity contribution in [3.05, 3.63) is 108 Å². The molecular weight excluding hydrogens is 686 g/mol. The van der Waals surface area contributed by atoms with Gasteiger partial charge in [0.25, 0.3) is 8.32 Å². The number of sulfonamides is 1. The number of carbonyl (C=O) groups is 2. The summed E-state index contributed by atoms with van der Waals surface area (Å²) in [6.07, 6.45) is 2.94. The average molecular weight is 732 g/mol. The Hall–Kier alpha value is -4.52. The van der Waals surface area contributed by atoms with Gasteiger partial charge in [0.05, 0.1) is 37.3 Å². The summed E-state index contributed by atoms with van der Waals surface area (Å²) in [4.78, 5) is 35.9. The van der Waals surface area contributed by atoms with Gasteiger partial charge in [-0.15, -0.1) is 0 Å². The first-order valence-corrected chi connectivity index (χ1v) is 20.4. The molecule has 0 fully saturated rings. The Bertz CT molecular complexity index is 1930. The second-order valence-electron chi connectivity index (χ2n) is 13.8. The maximum atomic E-state index is 14.0. The smallest absolute Gasteiger partial charge is 0.308 e. The van der Waals surface area contributed by atoms with Crippen LogP contribution in [0.15, 0.2) is 91.0 Å². The fraction of sp³-hybridized carbons (Fsp3) is 0.333. The summed E-state index contributed by atoms with van der Waals surface area (Å²) in [6, 6.07) is 25.5. The zero-order chi connectivity index (χ0) is 37.6. The third-order valence-corrected chi connectivity index (χ3v) is 14.9. The third kappa shape index (κ3) is 9.24. The van der Waals surface area contributed by atoms with Gasteiger partial charge in [-0.05, 0) is 57.7 Å². The number of ether oxygens (including phenoxy) is 1. The molecule has 0 amide bonds. The number of carbonyl (C=O) groups excluding carboxylic acids is 2. The molecule has 51 heavy (non-hydrogen) atoms. The molecule has 0 aliphatic carbocycles. The first-order chi connectivity index (χ1) is 24.0. The molecule has 0 saturated heterocycles. The fourth-order valence-corrected chi connectivity index (χ4v) is 11.1. The normalized spacial score (nSPS) is 13.0. The zero-order valence-electron chi connectivity index (χ0n) is 30.4. The molecule has 0 bridgehead atoms. The molecule has 0 radical (unpaired) electrons. The Morgan fingerprint density at radius 3 is 1.92 bits per heavy atom. The van der Waals surface area contributed by atoms with Gasteiger partial charge in [-0.1, -0.05) is 95.3 Å². The molecule has 1 aromatic heterocycles. The van der Waals surface area contributed by atoms with E-state index in [0.717, 1.165) is 20.9 Å². The van der Waals surface area contributed by atoms with Gasteiger partial charge >= 0.3 is 5.97 Å². The molecule has 270 valence electrons. The SMILES string of the molecule is COC(=O)C[C@@H](CC(=O)/C=C/c1c(-c2ccc(F)cc2)nc(N(C)S(C)(=O)=O)nc1C(C)C)O[Si](c1ccccc1)(c1ccccc1)C(C)(C)C. The lowest BCUT2D eigenvalue weighted by molar-refractivity contribution is -0.142. The van der Waals surface area contributed by atoms with Crippen LogP contribution in [0.25, 0.3) is 17.3 Å². The number of hydrogen-bond acceptors (Lipinski definition) is 8. The molecule has 0 unspecified atom stereocenters. The van der Waals surface area contributed by atoms with E-state index in [9.17, 15) is 22.4 Å². The molecule has 12 heteroatoms. The van der Waals surface area contributed by atoms with Crippen LogP contribution in [0, 0.1) is 5.82 Å². The predicted molar refractivity (Wildman–Crippen MR) is 203 cm³/mol. The van der Waals surface area contributed by atoms with Crippen LogP contribution in [0.5, 0.6) is 0 Å². The number of esters is 1. The van der Waals surface area contributed by atoms with Crippen LogP contribution in [-0.4, -0.2) is 65.0 Å². The Balaban J connectivity index is 1.82. The summed E-state index contributed by atoms with van der Waals surface area (Å²) < 4.78 is 52.0. The Kier molecular flexibility index (Phi) is 12.5. The molecule has 3 aromatic carbocycles. The molecule has 1 heterocycles. The van der Waals surface area contributed by atoms with Crippen molar-refractivity contribution in [3.8, 4) is 11.3 Å². The van der Waals surface area contributed by atoms with Crippen LogP contribution in [0.3, 0.4) is 0 Å². The summed E-state index contributed by atoms with van der Waals surface area (Å²) in [5, 5.41) is 1.60. The maximum absolute atomic E-state index is 14.0. The highest BCUT2D eigenvalue weighted by Crippen LogP contribution is 2.38. The highest BCUT2D eigenvalue weighted by molar-refractivity contribution is 7.92. The first kappa shape index (κ1) is 39.3. The maximum Gasteiger partial charge on any atom is 0.308 e. The van der Waals surface area contributed by atoms with Crippen LogP contribution in [-0.2, 0) is 28.8 Å². The van der Waals surface area contributed by atoms with Gasteiger partial charge in [0.15, 0.2) is 5.78 Å². The van der Waals surface area contributed by atoms with E-state index in [0.29, 0.717) is 22.5 Å². The number of aromatic nitrogens is 2. The number of methoxy groups -OCH3 is 1. The highest BCUT2D eigenvalue weighted by atomic mass is 32.2. The Morgan fingerprint density at radius 2 is 1.45 bits per heavy atom. The molecule has 4 rings (SSSR count). The molecule has 0 spiro atoms. The van der Waals surface area contributed by atoms with Crippen LogP contribution < -0.4 is 14.7 Å². The van der Waals surface area contributed by atoms with E-state index in [-0.39, 0.29) is 30.5 Å². The second-order valence-corrected chi connectivity index (χ2v) is 20.0. The molecule has 0 N–H and O–H groups in total. The molecule has 4 aromatic rings. The van der Waals surface area contributed by atoms with Gasteiger partial charge in [-0.3, -0.25) is 9.59 Å². The largest absolute Gasteiger partial charge is 0.469 e. The summed E-state index contributed by atoms with van der Waals surface area (Å²) in [5.41, 5.74) is 1.81. The molecule has 9 nitrogen and oxygen atoms in total. The lowest BCUT2D eigenvalue weighted by Crippen LogP contribution is -2.67. The van der Waals surface area contributed by atoms with Crippen molar-refractivity contribution in [3.63, 3.8) is 0 Å². The minimum Gasteiger partial charge on any atom is -0.469 e. The Morgan fingerprint density at radius 1 is 0.902 bits per heavy atom. The lowest BCUT2D eigenvalue weighted by atomic mass is 9.97. The fourth-order valence-electron chi connectivity index (χ4n) is 6.03. The number of rotatable bonds is 14. The van der Waals surface area contributed by atoms with Gasteiger partial charge in [-0.2, -0.15) is 0 Å². The van der Waals surface area contributed by atoms with E-state index in [1.165, 1.54) is 44.5 Å². The second kappa shape index (κ2) is 16.2. The third-order valence-electron chi connectivity index (χ3n) is 8.65. The summed E-state index contributed by atoms with van der Waals surface area (Å²) >= 11 is 0. The molecular formula is C39H46FN3O6SSi. The minimum absolute atomic E-state index is 0.0548. The van der Waals surface area contributed by atoms with E-state index in [4.69, 9.17) is 9.16 Å². The average Bonchev–Trinajstić information content (AvgIpc) is 3.09. The summed E-state index contributed by atoms with van der Waals surface area (Å²) in [5.74, 6) is -1.54. The van der Waals surface area contributed by atoms with Crippen LogP contribution in [0.4, 0.5) is 10.3 Å². The Labute approximate surface area is 301 Å². The number of allylic oxidation sites excluding steroid dienone is 1. The highest BCUT2D eigenvalue weighted by Gasteiger charge is 2.51. The van der Waals surface area contributed by atoms with Gasteiger partial charge in [-0.25, -0.2) is 27.1 Å². The van der Waals surface area contributed by atoms with Gasteiger partial charge in [0.2, 0.25) is 16.0 Å². The van der Waals surface area contributed by atoms with Crippen molar-refractivity contribution in [2.45, 2.75) is 64.5 Å². The van der Waals surface area contributed by atoms with Crippen LogP contribution in [0.2, 0.25) is 5.04 Å². The predicted octanol–water partition coefficient (Wildman–Crippen LogP) is 6.28. The van der Waals surface area contributed by atoms with E-state index >= 15 is 0 Å². The van der Waals surface area contributed by atoms with E-state index < -0.39 is 41.3 Å². The molecule has 0 aliphatic heterocycles. The summed E-state index contributed by atoms with van der Waals surface area (Å²) in [7, 11) is -4.19. The number of nitrogens with zero attached hydrogens (tertiary/aromatic N) is 3. The van der Waals surface area contributed by atoms with Crippen molar-refractivity contribution < 1.29 is 31.6 Å². The number of ketones is 1. The molecule has 0 aliphatic rings. The number of halogens is 1. The lowest BCUT2D eigenvalue weighted by Gasteiger charge is -2.45. The zero-order valence-corrected chi connectivity index (χ0v) is 32.2. The van der Waals surface area contributed by atoms with Crippen LogP contribution in [0.1, 0.15) is 64.6 Å². The van der Waals surface area contributed by atoms with Crippen molar-refractivity contribution in [1.82, 2.24) is 9.97 Å². The monoisotopic (exact) mass is 731 g/mol. The first-order valence-electron chi connectivity index (χ1n) is 16.7. The standard InChI is InChI=1S/C39H46FN3O6SSi/c1-27(2)36-34(37(28-19-21-29(40)22-20-28)42-38(41-36)43(6)50(8,46)47)24-23-30(44)25-31(26-35(45)48-7)49-51(39(3,4)5,32-15-11-9-12-16-32)33-17-13-10-14-18-33/h9-24,27,31H,25-26H2,1-8H3/b24-23+/t31-/m1/s1. The number of benzene rings is 3. The quantitative estimate of drug-likeness (QED) is 0.0846. The van der Waals surface area contributed by atoms with Crippen molar-refractivity contribution in [2.24, 2.45) is 0 Å². The van der Waals surface area contributed by atoms with Crippen molar-refractivity contribution in [2.75, 3.05) is 24.7 Å².